The van der Waals surface area contributed by atoms with Gasteiger partial charge >= 0.3 is 5.97 Å². The van der Waals surface area contributed by atoms with Crippen LogP contribution in [0.5, 0.6) is 0 Å². The molecule has 0 fully saturated rings. The number of fused-ring (bicyclic) bond motifs is 1. The van der Waals surface area contributed by atoms with Crippen LogP contribution in [0.3, 0.4) is 0 Å². The summed E-state index contributed by atoms with van der Waals surface area (Å²) in [7, 11) is 0. The van der Waals surface area contributed by atoms with Gasteiger partial charge in [-0.1, -0.05) is 36.4 Å². The number of ether oxygens (including phenoxy) is 1. The van der Waals surface area contributed by atoms with Crippen LogP contribution in [0.1, 0.15) is 18.2 Å². The van der Waals surface area contributed by atoms with E-state index in [9.17, 15) is 9.59 Å². The molecule has 1 N–H and O–H groups in total. The Morgan fingerprint density at radius 3 is 2.68 bits per heavy atom. The Hall–Kier alpha value is -3.98. The Bertz CT molecular complexity index is 1100. The van der Waals surface area contributed by atoms with Crippen molar-refractivity contribution < 1.29 is 14.3 Å². The predicted molar refractivity (Wildman–Crippen MR) is 106 cm³/mol. The van der Waals surface area contributed by atoms with Gasteiger partial charge in [0.1, 0.15) is 6.07 Å². The average molecular weight is 371 g/mol. The van der Waals surface area contributed by atoms with Gasteiger partial charge in [-0.2, -0.15) is 5.26 Å². The minimum atomic E-state index is -1.02. The van der Waals surface area contributed by atoms with Crippen molar-refractivity contribution in [2.24, 2.45) is 0 Å². The zero-order valence-electron chi connectivity index (χ0n) is 15.1. The normalized spacial score (nSPS) is 11.7. The lowest BCUT2D eigenvalue weighted by atomic mass is 10.2. The summed E-state index contributed by atoms with van der Waals surface area (Å²) in [5, 5.41) is 12.6. The molecule has 138 valence electrons. The Morgan fingerprint density at radius 2 is 1.86 bits per heavy atom. The molecule has 1 atom stereocenters. The number of carbonyl (C=O) groups is 2. The molecular formula is C22H17N3O3. The average Bonchev–Trinajstić information content (AvgIpc) is 2.72. The minimum Gasteiger partial charge on any atom is -0.449 e. The maximum Gasteiger partial charge on any atom is 0.331 e. The molecule has 1 aromatic heterocycles. The molecule has 1 amide bonds. The maximum atomic E-state index is 12.2. The number of para-hydroxylation sites is 2. The summed E-state index contributed by atoms with van der Waals surface area (Å²) in [6.07, 6.45) is 1.74. The van der Waals surface area contributed by atoms with E-state index in [-0.39, 0.29) is 0 Å². The summed E-state index contributed by atoms with van der Waals surface area (Å²) in [5.74, 6) is -1.18. The van der Waals surface area contributed by atoms with Crippen molar-refractivity contribution in [3.05, 3.63) is 78.0 Å². The molecule has 6 heteroatoms. The second-order valence-corrected chi connectivity index (χ2v) is 5.99. The number of aromatic nitrogens is 1. The van der Waals surface area contributed by atoms with E-state index < -0.39 is 18.0 Å². The number of nitrogens with zero attached hydrogens (tertiary/aromatic N) is 2. The van der Waals surface area contributed by atoms with Crippen LogP contribution in [0, 0.1) is 11.3 Å². The van der Waals surface area contributed by atoms with Gasteiger partial charge in [-0.3, -0.25) is 4.79 Å². The Morgan fingerprint density at radius 1 is 1.11 bits per heavy atom. The lowest BCUT2D eigenvalue weighted by Crippen LogP contribution is -2.29. The van der Waals surface area contributed by atoms with E-state index in [1.165, 1.54) is 19.1 Å². The highest BCUT2D eigenvalue weighted by atomic mass is 16.5. The van der Waals surface area contributed by atoms with Crippen molar-refractivity contribution in [2.75, 3.05) is 5.32 Å². The molecule has 0 saturated heterocycles. The van der Waals surface area contributed by atoms with Gasteiger partial charge in [-0.15, -0.1) is 0 Å². The van der Waals surface area contributed by atoms with Crippen LogP contribution in [0.15, 0.2) is 66.7 Å². The van der Waals surface area contributed by atoms with Crippen LogP contribution in [-0.4, -0.2) is 23.0 Å². The Labute approximate surface area is 162 Å². The van der Waals surface area contributed by atoms with Crippen molar-refractivity contribution in [3.63, 3.8) is 0 Å². The fraction of sp³-hybridized carbons (Fsp3) is 0.0909. The molecule has 0 spiro atoms. The van der Waals surface area contributed by atoms with E-state index in [0.717, 1.165) is 10.9 Å². The molecule has 1 unspecified atom stereocenters. The van der Waals surface area contributed by atoms with Gasteiger partial charge in [-0.25, -0.2) is 9.78 Å². The third-order valence-electron chi connectivity index (χ3n) is 3.98. The highest BCUT2D eigenvalue weighted by Gasteiger charge is 2.17. The van der Waals surface area contributed by atoms with Gasteiger partial charge in [0, 0.05) is 11.5 Å². The molecule has 0 aliphatic rings. The molecule has 6 nitrogen and oxygen atoms in total. The number of hydrogen-bond acceptors (Lipinski definition) is 5. The van der Waals surface area contributed by atoms with Gasteiger partial charge in [0.2, 0.25) is 0 Å². The Kier molecular flexibility index (Phi) is 5.78. The number of pyridine rings is 1. The molecule has 1 heterocycles. The molecule has 0 radical (unpaired) electrons. The first-order chi connectivity index (χ1) is 13.6. The quantitative estimate of drug-likeness (QED) is 0.545. The first-order valence-corrected chi connectivity index (χ1v) is 8.61. The summed E-state index contributed by atoms with van der Waals surface area (Å²) < 4.78 is 5.12. The van der Waals surface area contributed by atoms with Crippen molar-refractivity contribution >= 4 is 34.5 Å². The summed E-state index contributed by atoms with van der Waals surface area (Å²) in [6, 6.07) is 19.9. The van der Waals surface area contributed by atoms with Gasteiger partial charge in [0.25, 0.3) is 5.91 Å². The van der Waals surface area contributed by atoms with Crippen LogP contribution in [-0.2, 0) is 14.3 Å². The van der Waals surface area contributed by atoms with E-state index >= 15 is 0 Å². The summed E-state index contributed by atoms with van der Waals surface area (Å²) in [6.45, 7) is 1.46. The molecular weight excluding hydrogens is 354 g/mol. The number of esters is 1. The third kappa shape index (κ3) is 4.59. The number of amides is 1. The SMILES string of the molecule is CC(OC(=O)/C=C/c1ccc2ccccc2n1)C(=O)Nc1ccccc1C#N. The third-order valence-corrected chi connectivity index (χ3v) is 3.98. The second kappa shape index (κ2) is 8.60. The lowest BCUT2D eigenvalue weighted by molar-refractivity contribution is -0.148. The zero-order valence-corrected chi connectivity index (χ0v) is 15.1. The molecule has 0 aliphatic heterocycles. The summed E-state index contributed by atoms with van der Waals surface area (Å²) >= 11 is 0. The van der Waals surface area contributed by atoms with Gasteiger partial charge in [0.05, 0.1) is 22.5 Å². The number of nitrogens with one attached hydrogen (secondary N) is 1. The largest absolute Gasteiger partial charge is 0.449 e. The molecule has 2 aromatic carbocycles. The first-order valence-electron chi connectivity index (χ1n) is 8.61. The van der Waals surface area contributed by atoms with Crippen LogP contribution < -0.4 is 5.32 Å². The summed E-state index contributed by atoms with van der Waals surface area (Å²) in [4.78, 5) is 28.6. The van der Waals surface area contributed by atoms with Crippen LogP contribution in [0.25, 0.3) is 17.0 Å². The molecule has 3 aromatic rings. The standard InChI is InChI=1S/C22H17N3O3/c1-15(22(27)25-20-9-5-3-7-17(20)14-23)28-21(26)13-12-18-11-10-16-6-2-4-8-19(16)24-18/h2-13,15H,1H3,(H,25,27)/b13-12+. The number of benzene rings is 2. The van der Waals surface area contributed by atoms with E-state index in [2.05, 4.69) is 10.3 Å². The minimum absolute atomic E-state index is 0.330. The monoisotopic (exact) mass is 371 g/mol. The van der Waals surface area contributed by atoms with E-state index in [0.29, 0.717) is 16.9 Å². The van der Waals surface area contributed by atoms with Crippen LogP contribution in [0.4, 0.5) is 5.69 Å². The van der Waals surface area contributed by atoms with Crippen molar-refractivity contribution in [3.8, 4) is 6.07 Å². The molecule has 3 rings (SSSR count). The van der Waals surface area contributed by atoms with Crippen molar-refractivity contribution in [1.82, 2.24) is 4.98 Å². The van der Waals surface area contributed by atoms with Crippen LogP contribution >= 0.6 is 0 Å². The zero-order chi connectivity index (χ0) is 19.9. The van der Waals surface area contributed by atoms with Crippen molar-refractivity contribution in [2.45, 2.75) is 13.0 Å². The van der Waals surface area contributed by atoms with Gasteiger partial charge in [-0.05, 0) is 37.3 Å². The molecule has 0 aliphatic carbocycles. The van der Waals surface area contributed by atoms with Gasteiger partial charge in [0.15, 0.2) is 6.10 Å². The number of hydrogen-bond donors (Lipinski definition) is 1. The number of anilines is 1. The van der Waals surface area contributed by atoms with E-state index in [4.69, 9.17) is 10.00 Å². The topological polar surface area (TPSA) is 92.1 Å². The van der Waals surface area contributed by atoms with E-state index in [1.54, 1.807) is 30.3 Å². The van der Waals surface area contributed by atoms with Gasteiger partial charge < -0.3 is 10.1 Å². The lowest BCUT2D eigenvalue weighted by Gasteiger charge is -2.13. The Balaban J connectivity index is 1.60. The van der Waals surface area contributed by atoms with E-state index in [1.807, 2.05) is 36.4 Å². The highest BCUT2D eigenvalue weighted by Crippen LogP contribution is 2.15. The van der Waals surface area contributed by atoms with Crippen molar-refractivity contribution in [1.29, 1.82) is 5.26 Å². The predicted octanol–water partition coefficient (Wildman–Crippen LogP) is 3.69. The second-order valence-electron chi connectivity index (χ2n) is 5.99. The number of carbonyl (C=O) groups excluding carboxylic acids is 2. The summed E-state index contributed by atoms with van der Waals surface area (Å²) in [5.41, 5.74) is 2.13. The fourth-order valence-corrected chi connectivity index (χ4v) is 2.52. The fourth-order valence-electron chi connectivity index (χ4n) is 2.52. The number of rotatable bonds is 5. The maximum absolute atomic E-state index is 12.2. The first kappa shape index (κ1) is 18.8. The van der Waals surface area contributed by atoms with Crippen LogP contribution in [0.2, 0.25) is 0 Å². The molecule has 0 saturated carbocycles. The highest BCUT2D eigenvalue weighted by molar-refractivity contribution is 5.97. The smallest absolute Gasteiger partial charge is 0.331 e. The number of nitriles is 1. The molecule has 28 heavy (non-hydrogen) atoms. The molecule has 0 bridgehead atoms.